The number of amides is 2. The van der Waals surface area contributed by atoms with Crippen molar-refractivity contribution in [3.63, 3.8) is 0 Å². The Morgan fingerprint density at radius 1 is 1.00 bits per heavy atom. The van der Waals surface area contributed by atoms with Gasteiger partial charge in [-0.15, -0.1) is 0 Å². The number of carbonyl (C=O) groups excluding carboxylic acids is 2. The SMILES string of the molecule is C\C(=C/C=C/C=C/C1OC([C@H](C)[C@H](C)/C(C)=C/C=C/CNC(=O)Nc2ccccc2)[C@@H](O)[C@H]1O)C(=O)c1c(O)cc[nH]c1=O. The number of benzene rings is 1. The van der Waals surface area contributed by atoms with Gasteiger partial charge in [0.1, 0.15) is 29.6 Å². The molecule has 1 saturated heterocycles. The third kappa shape index (κ3) is 9.24. The van der Waals surface area contributed by atoms with Crippen LogP contribution in [-0.4, -0.2) is 63.1 Å². The lowest BCUT2D eigenvalue weighted by atomic mass is 9.83. The highest BCUT2D eigenvalue weighted by Crippen LogP contribution is 2.33. The molecule has 2 amide bonds. The Balaban J connectivity index is 1.50. The summed E-state index contributed by atoms with van der Waals surface area (Å²) < 4.78 is 6.03. The van der Waals surface area contributed by atoms with Crippen LogP contribution in [0.1, 0.15) is 38.1 Å². The summed E-state index contributed by atoms with van der Waals surface area (Å²) in [4.78, 5) is 38.7. The number of allylic oxidation sites excluding steroid dienone is 8. The van der Waals surface area contributed by atoms with Crippen LogP contribution in [0.4, 0.5) is 10.5 Å². The van der Waals surface area contributed by atoms with Crippen LogP contribution in [0.15, 0.2) is 107 Å². The van der Waals surface area contributed by atoms with Crippen LogP contribution in [0.3, 0.4) is 0 Å². The molecule has 0 spiro atoms. The molecule has 234 valence electrons. The molecular formula is C34H41N3O7. The summed E-state index contributed by atoms with van der Waals surface area (Å²) >= 11 is 0. The number of aromatic hydroxyl groups is 1. The van der Waals surface area contributed by atoms with E-state index in [1.165, 1.54) is 25.3 Å². The summed E-state index contributed by atoms with van der Waals surface area (Å²) in [6.45, 7) is 7.87. The minimum Gasteiger partial charge on any atom is -0.507 e. The number of aromatic nitrogens is 1. The van der Waals surface area contributed by atoms with Crippen molar-refractivity contribution in [2.75, 3.05) is 11.9 Å². The molecule has 1 aromatic carbocycles. The number of nitrogens with one attached hydrogen (secondary N) is 3. The van der Waals surface area contributed by atoms with Crippen molar-refractivity contribution in [3.8, 4) is 5.75 Å². The van der Waals surface area contributed by atoms with Crippen LogP contribution in [0.5, 0.6) is 5.75 Å². The van der Waals surface area contributed by atoms with Gasteiger partial charge in [-0.3, -0.25) is 9.59 Å². The van der Waals surface area contributed by atoms with Crippen LogP contribution < -0.4 is 16.2 Å². The Bertz CT molecular complexity index is 1490. The number of H-pyrrole nitrogens is 1. The van der Waals surface area contributed by atoms with Crippen molar-refractivity contribution in [3.05, 3.63) is 118 Å². The zero-order valence-electron chi connectivity index (χ0n) is 25.3. The van der Waals surface area contributed by atoms with Crippen molar-refractivity contribution in [1.29, 1.82) is 0 Å². The largest absolute Gasteiger partial charge is 0.507 e. The van der Waals surface area contributed by atoms with Crippen molar-refractivity contribution in [1.82, 2.24) is 10.3 Å². The van der Waals surface area contributed by atoms with Crippen molar-refractivity contribution < 1.29 is 29.6 Å². The molecule has 3 rings (SSSR count). The molecule has 6 N–H and O–H groups in total. The second kappa shape index (κ2) is 16.4. The maximum absolute atomic E-state index is 12.5. The normalized spacial score (nSPS) is 22.5. The predicted molar refractivity (Wildman–Crippen MR) is 170 cm³/mol. The molecule has 1 aromatic heterocycles. The van der Waals surface area contributed by atoms with Gasteiger partial charge >= 0.3 is 6.03 Å². The topological polar surface area (TPSA) is 161 Å². The number of pyridine rings is 1. The molecule has 1 aliphatic heterocycles. The summed E-state index contributed by atoms with van der Waals surface area (Å²) in [5, 5.41) is 36.7. The van der Waals surface area contributed by atoms with Gasteiger partial charge in [0, 0.05) is 18.4 Å². The molecule has 0 saturated carbocycles. The van der Waals surface area contributed by atoms with E-state index in [1.54, 1.807) is 36.4 Å². The molecule has 6 atom stereocenters. The number of aliphatic hydroxyl groups is 2. The highest BCUT2D eigenvalue weighted by atomic mass is 16.5. The van der Waals surface area contributed by atoms with Crippen molar-refractivity contribution in [2.45, 2.75) is 52.1 Å². The van der Waals surface area contributed by atoms with Crippen molar-refractivity contribution >= 4 is 17.5 Å². The van der Waals surface area contributed by atoms with E-state index in [0.29, 0.717) is 12.2 Å². The third-order valence-corrected chi connectivity index (χ3v) is 7.66. The Morgan fingerprint density at radius 2 is 1.73 bits per heavy atom. The molecule has 0 radical (unpaired) electrons. The van der Waals surface area contributed by atoms with Gasteiger partial charge < -0.3 is 35.7 Å². The molecule has 2 aromatic rings. The minimum absolute atomic E-state index is 0.0328. The van der Waals surface area contributed by atoms with Gasteiger partial charge in [-0.25, -0.2) is 4.79 Å². The van der Waals surface area contributed by atoms with Crippen LogP contribution in [-0.2, 0) is 4.74 Å². The fraction of sp³-hybridized carbons (Fsp3) is 0.324. The maximum Gasteiger partial charge on any atom is 0.319 e. The Morgan fingerprint density at radius 3 is 2.43 bits per heavy atom. The van der Waals surface area contributed by atoms with Gasteiger partial charge in [-0.2, -0.15) is 0 Å². The average molecular weight is 604 g/mol. The molecule has 2 unspecified atom stereocenters. The van der Waals surface area contributed by atoms with Crippen LogP contribution in [0.25, 0.3) is 0 Å². The number of urea groups is 1. The lowest BCUT2D eigenvalue weighted by molar-refractivity contribution is -0.0209. The number of anilines is 1. The Kier molecular flexibility index (Phi) is 12.6. The second-order valence-corrected chi connectivity index (χ2v) is 10.7. The lowest BCUT2D eigenvalue weighted by Crippen LogP contribution is -2.37. The molecule has 1 aliphatic rings. The highest BCUT2D eigenvalue weighted by molar-refractivity contribution is 6.09. The van der Waals surface area contributed by atoms with Crippen LogP contribution in [0.2, 0.25) is 0 Å². The van der Waals surface area contributed by atoms with Gasteiger partial charge in [0.15, 0.2) is 5.78 Å². The predicted octanol–water partition coefficient (Wildman–Crippen LogP) is 4.41. The number of hydrogen-bond donors (Lipinski definition) is 6. The summed E-state index contributed by atoms with van der Waals surface area (Å²) in [6.07, 6.45) is 11.4. The van der Waals surface area contributed by atoms with E-state index >= 15 is 0 Å². The first-order valence-corrected chi connectivity index (χ1v) is 14.4. The van der Waals surface area contributed by atoms with E-state index in [0.717, 1.165) is 5.57 Å². The Hall–Kier alpha value is -4.51. The zero-order chi connectivity index (χ0) is 32.2. The third-order valence-electron chi connectivity index (χ3n) is 7.66. The molecule has 10 heteroatoms. The van der Waals surface area contributed by atoms with E-state index in [-0.39, 0.29) is 34.8 Å². The van der Waals surface area contributed by atoms with Crippen LogP contribution >= 0.6 is 0 Å². The molecule has 1 fully saturated rings. The second-order valence-electron chi connectivity index (χ2n) is 10.7. The first-order valence-electron chi connectivity index (χ1n) is 14.4. The van der Waals surface area contributed by atoms with Gasteiger partial charge in [0.05, 0.1) is 6.10 Å². The summed E-state index contributed by atoms with van der Waals surface area (Å²) in [5.41, 5.74) is 1.02. The molecule has 0 bridgehead atoms. The number of ether oxygens (including phenoxy) is 1. The fourth-order valence-electron chi connectivity index (χ4n) is 4.71. The molecule has 0 aliphatic carbocycles. The van der Waals surface area contributed by atoms with Crippen molar-refractivity contribution in [2.24, 2.45) is 11.8 Å². The zero-order valence-corrected chi connectivity index (χ0v) is 25.3. The van der Waals surface area contributed by atoms with E-state index in [4.69, 9.17) is 4.74 Å². The summed E-state index contributed by atoms with van der Waals surface area (Å²) in [6, 6.07) is 10.1. The number of Topliss-reactive ketones (excluding diaryl/α,β-unsaturated/α-hetero) is 1. The van der Waals surface area contributed by atoms with E-state index in [9.17, 15) is 29.7 Å². The molecule has 44 heavy (non-hydrogen) atoms. The lowest BCUT2D eigenvalue weighted by Gasteiger charge is -2.28. The molecule has 10 nitrogen and oxygen atoms in total. The average Bonchev–Trinajstić information content (AvgIpc) is 3.28. The van der Waals surface area contributed by atoms with E-state index in [2.05, 4.69) is 15.6 Å². The first kappa shape index (κ1) is 34.0. The number of ketones is 1. The number of hydrogen-bond acceptors (Lipinski definition) is 7. The van der Waals surface area contributed by atoms with Gasteiger partial charge in [-0.05, 0) is 49.5 Å². The summed E-state index contributed by atoms with van der Waals surface area (Å²) in [5.74, 6) is -1.06. The van der Waals surface area contributed by atoms with Gasteiger partial charge in [0.2, 0.25) is 0 Å². The molecular weight excluding hydrogens is 562 g/mol. The maximum atomic E-state index is 12.5. The number of para-hydroxylation sites is 1. The highest BCUT2D eigenvalue weighted by Gasteiger charge is 2.45. The number of rotatable bonds is 12. The first-order chi connectivity index (χ1) is 21.0. The molecule has 2 heterocycles. The monoisotopic (exact) mass is 603 g/mol. The van der Waals surface area contributed by atoms with Crippen LogP contribution in [0, 0.1) is 11.8 Å². The smallest absolute Gasteiger partial charge is 0.319 e. The van der Waals surface area contributed by atoms with E-state index < -0.39 is 35.8 Å². The number of aromatic amines is 1. The quantitative estimate of drug-likeness (QED) is 0.119. The standard InChI is InChI=1S/C34H41N3O7/c1-21(13-11-12-19-36-34(43)37-25-15-8-6-9-16-25)23(3)24(4)32-31(41)30(40)27(44-32)17-10-5-7-14-22(2)29(39)28-26(38)18-20-35-33(28)42/h5-18,20,23-24,27,30-32,40-41H,19H2,1-4H3,(H2,35,38,42)(H2,36,37,43)/b7-5+,12-11+,17-10+,21-13+,22-14+/t23-,24-,27?,30+,31+,32?/m1/s1. The van der Waals surface area contributed by atoms with Gasteiger partial charge in [-0.1, -0.05) is 86.2 Å². The Labute approximate surface area is 257 Å². The minimum atomic E-state index is -1.11. The summed E-state index contributed by atoms with van der Waals surface area (Å²) in [7, 11) is 0. The van der Waals surface area contributed by atoms with Gasteiger partial charge in [0.25, 0.3) is 5.56 Å². The van der Waals surface area contributed by atoms with E-state index in [1.807, 2.05) is 57.2 Å². The number of carbonyl (C=O) groups is 2. The number of aliphatic hydroxyl groups excluding tert-OH is 2. The fourth-order valence-corrected chi connectivity index (χ4v) is 4.71.